The van der Waals surface area contributed by atoms with E-state index >= 15 is 0 Å². The number of thioether (sulfide) groups is 1. The molecule has 0 spiro atoms. The number of nitrogens with two attached hydrogens (primary N) is 1. The van der Waals surface area contributed by atoms with Crippen LogP contribution in [-0.2, 0) is 9.59 Å². The second-order valence-electron chi connectivity index (χ2n) is 7.79. The fourth-order valence-electron chi connectivity index (χ4n) is 3.93. The monoisotopic (exact) mass is 479 g/mol. The summed E-state index contributed by atoms with van der Waals surface area (Å²) in [6.45, 7) is 1.01. The number of carbonyl (C=O) groups excluding carboxylic acids is 2. The summed E-state index contributed by atoms with van der Waals surface area (Å²) in [6.07, 6.45) is 1.50. The first-order valence-electron chi connectivity index (χ1n) is 10.6. The summed E-state index contributed by atoms with van der Waals surface area (Å²) in [5.74, 6) is -0.161. The van der Waals surface area contributed by atoms with Gasteiger partial charge in [-0.15, -0.1) is 21.5 Å². The average Bonchev–Trinajstić information content (AvgIpc) is 3.54. The van der Waals surface area contributed by atoms with E-state index in [0.717, 1.165) is 39.9 Å². The van der Waals surface area contributed by atoms with Crippen LogP contribution < -0.4 is 5.73 Å². The lowest BCUT2D eigenvalue weighted by atomic mass is 9.97. The Morgan fingerprint density at radius 3 is 2.91 bits per heavy atom. The van der Waals surface area contributed by atoms with E-state index in [-0.39, 0.29) is 23.5 Å². The van der Waals surface area contributed by atoms with Crippen LogP contribution in [0.3, 0.4) is 0 Å². The van der Waals surface area contributed by atoms with Crippen LogP contribution in [0.5, 0.6) is 0 Å². The van der Waals surface area contributed by atoms with E-state index in [1.807, 2.05) is 47.8 Å². The molecule has 1 atom stereocenters. The van der Waals surface area contributed by atoms with Crippen LogP contribution in [-0.4, -0.2) is 50.7 Å². The number of rotatable bonds is 6. The Kier molecular flexibility index (Phi) is 6.10. The molecule has 5 rings (SSSR count). The van der Waals surface area contributed by atoms with Gasteiger partial charge in [-0.25, -0.2) is 4.98 Å². The molecule has 1 aromatic carbocycles. The van der Waals surface area contributed by atoms with Gasteiger partial charge in [-0.1, -0.05) is 36.0 Å². The Balaban J connectivity index is 1.35. The molecule has 2 N–H and O–H groups in total. The third kappa shape index (κ3) is 4.62. The molecule has 1 aliphatic heterocycles. The number of piperidine rings is 1. The molecule has 4 aromatic rings. The molecular formula is C23H21N5O3S2. The Hall–Kier alpha value is -3.24. The molecule has 8 nitrogen and oxygen atoms in total. The van der Waals surface area contributed by atoms with Gasteiger partial charge in [0.1, 0.15) is 0 Å². The van der Waals surface area contributed by atoms with Gasteiger partial charge in [-0.2, -0.15) is 0 Å². The molecule has 1 saturated heterocycles. The van der Waals surface area contributed by atoms with Crippen LogP contribution in [0, 0.1) is 5.92 Å². The third-order valence-electron chi connectivity index (χ3n) is 5.62. The molecule has 0 radical (unpaired) electrons. The molecule has 0 aliphatic carbocycles. The summed E-state index contributed by atoms with van der Waals surface area (Å²) in [5, 5.41) is 11.6. The Labute approximate surface area is 198 Å². The number of hydrogen-bond acceptors (Lipinski definition) is 8. The topological polar surface area (TPSA) is 115 Å². The van der Waals surface area contributed by atoms with E-state index in [9.17, 15) is 9.59 Å². The van der Waals surface area contributed by atoms with Gasteiger partial charge >= 0.3 is 0 Å². The summed E-state index contributed by atoms with van der Waals surface area (Å²) in [6, 6.07) is 13.8. The second-order valence-corrected chi connectivity index (χ2v) is 9.67. The van der Waals surface area contributed by atoms with Crippen molar-refractivity contribution in [3.8, 4) is 22.0 Å². The summed E-state index contributed by atoms with van der Waals surface area (Å²) in [4.78, 5) is 31.6. The predicted molar refractivity (Wildman–Crippen MR) is 128 cm³/mol. The van der Waals surface area contributed by atoms with Gasteiger partial charge in [0, 0.05) is 18.5 Å². The van der Waals surface area contributed by atoms with Crippen LogP contribution >= 0.6 is 23.1 Å². The number of amides is 2. The van der Waals surface area contributed by atoms with Crippen molar-refractivity contribution in [3.05, 3.63) is 47.8 Å². The molecular weight excluding hydrogens is 458 g/mol. The van der Waals surface area contributed by atoms with Crippen LogP contribution in [0.15, 0.2) is 57.5 Å². The molecule has 0 unspecified atom stereocenters. The number of hydrogen-bond donors (Lipinski definition) is 1. The van der Waals surface area contributed by atoms with Crippen LogP contribution in [0.4, 0.5) is 0 Å². The molecule has 33 heavy (non-hydrogen) atoms. The molecule has 3 aromatic heterocycles. The Morgan fingerprint density at radius 2 is 2.09 bits per heavy atom. The zero-order chi connectivity index (χ0) is 22.8. The van der Waals surface area contributed by atoms with Crippen molar-refractivity contribution in [1.82, 2.24) is 20.1 Å². The van der Waals surface area contributed by atoms with Crippen molar-refractivity contribution in [2.45, 2.75) is 18.1 Å². The third-order valence-corrected chi connectivity index (χ3v) is 7.32. The van der Waals surface area contributed by atoms with E-state index in [2.05, 4.69) is 10.2 Å². The normalized spacial score (nSPS) is 16.2. The fourth-order valence-corrected chi connectivity index (χ4v) is 5.28. The van der Waals surface area contributed by atoms with Gasteiger partial charge in [-0.3, -0.25) is 9.59 Å². The van der Waals surface area contributed by atoms with E-state index in [1.54, 1.807) is 16.2 Å². The Bertz CT molecular complexity index is 1300. The lowest BCUT2D eigenvalue weighted by Crippen LogP contribution is -2.44. The summed E-state index contributed by atoms with van der Waals surface area (Å²) in [7, 11) is 0. The van der Waals surface area contributed by atoms with Gasteiger partial charge in [0.05, 0.1) is 33.3 Å². The number of aromatic nitrogens is 3. The van der Waals surface area contributed by atoms with Gasteiger partial charge in [-0.05, 0) is 36.4 Å². The number of para-hydroxylation sites is 1. The number of carbonyl (C=O) groups is 2. The van der Waals surface area contributed by atoms with E-state index in [4.69, 9.17) is 15.1 Å². The highest BCUT2D eigenvalue weighted by Gasteiger charge is 2.27. The average molecular weight is 480 g/mol. The maximum atomic E-state index is 12.6. The molecule has 0 bridgehead atoms. The maximum Gasteiger partial charge on any atom is 0.277 e. The minimum absolute atomic E-state index is 0.0694. The quantitative estimate of drug-likeness (QED) is 0.418. The molecule has 2 amide bonds. The SMILES string of the molecule is NC(=O)[C@@H]1CCCN(C(=O)CSc2nnc(-c3cc(-c4cccs4)nc4ccccc34)o2)C1. The first-order valence-corrected chi connectivity index (χ1v) is 12.4. The van der Waals surface area contributed by atoms with Crippen molar-refractivity contribution in [3.63, 3.8) is 0 Å². The van der Waals surface area contributed by atoms with E-state index in [1.165, 1.54) is 11.8 Å². The highest BCUT2D eigenvalue weighted by atomic mass is 32.2. The smallest absolute Gasteiger partial charge is 0.277 e. The minimum Gasteiger partial charge on any atom is -0.411 e. The lowest BCUT2D eigenvalue weighted by Gasteiger charge is -2.31. The zero-order valence-corrected chi connectivity index (χ0v) is 19.3. The summed E-state index contributed by atoms with van der Waals surface area (Å²) >= 11 is 2.81. The molecule has 1 aliphatic rings. The van der Waals surface area contributed by atoms with Crippen molar-refractivity contribution >= 4 is 45.8 Å². The largest absolute Gasteiger partial charge is 0.411 e. The standard InChI is InChI=1S/C23H21N5O3S2/c24-21(30)14-5-3-9-28(12-14)20(29)13-33-23-27-26-22(31-23)16-11-18(19-8-4-10-32-19)25-17-7-2-1-6-15(16)17/h1-2,4,6-8,10-11,14H,3,5,9,12-13H2,(H2,24,30)/t14-/m1/s1. The van der Waals surface area contributed by atoms with Crippen LogP contribution in [0.25, 0.3) is 32.9 Å². The lowest BCUT2D eigenvalue weighted by molar-refractivity contribution is -0.132. The molecule has 4 heterocycles. The molecule has 1 fully saturated rings. The summed E-state index contributed by atoms with van der Waals surface area (Å²) in [5.41, 5.74) is 7.90. The molecule has 10 heteroatoms. The van der Waals surface area contributed by atoms with Gasteiger partial charge in [0.2, 0.25) is 17.7 Å². The highest BCUT2D eigenvalue weighted by Crippen LogP contribution is 2.34. The van der Waals surface area contributed by atoms with Gasteiger partial charge < -0.3 is 15.1 Å². The number of likely N-dealkylation sites (tertiary alicyclic amines) is 1. The first kappa shape index (κ1) is 21.6. The number of benzene rings is 1. The van der Waals surface area contributed by atoms with Crippen molar-refractivity contribution in [1.29, 1.82) is 0 Å². The molecule has 168 valence electrons. The minimum atomic E-state index is -0.354. The molecule has 0 saturated carbocycles. The first-order chi connectivity index (χ1) is 16.1. The predicted octanol–water partition coefficient (Wildman–Crippen LogP) is 3.83. The van der Waals surface area contributed by atoms with Gasteiger partial charge in [0.25, 0.3) is 5.22 Å². The highest BCUT2D eigenvalue weighted by molar-refractivity contribution is 7.99. The maximum absolute atomic E-state index is 12.6. The van der Waals surface area contributed by atoms with Gasteiger partial charge in [0.15, 0.2) is 0 Å². The number of thiophene rings is 1. The van der Waals surface area contributed by atoms with Crippen molar-refractivity contribution in [2.75, 3.05) is 18.8 Å². The fraction of sp³-hybridized carbons (Fsp3) is 0.261. The second kappa shape index (κ2) is 9.32. The van der Waals surface area contributed by atoms with Crippen LogP contribution in [0.1, 0.15) is 12.8 Å². The van der Waals surface area contributed by atoms with E-state index < -0.39 is 0 Å². The Morgan fingerprint density at radius 1 is 1.21 bits per heavy atom. The van der Waals surface area contributed by atoms with Crippen molar-refractivity contribution in [2.24, 2.45) is 11.7 Å². The summed E-state index contributed by atoms with van der Waals surface area (Å²) < 4.78 is 5.92. The van der Waals surface area contributed by atoms with Crippen molar-refractivity contribution < 1.29 is 14.0 Å². The number of pyridine rings is 1. The number of nitrogens with zero attached hydrogens (tertiary/aromatic N) is 4. The number of fused-ring (bicyclic) bond motifs is 1. The van der Waals surface area contributed by atoms with E-state index in [0.29, 0.717) is 24.2 Å². The number of primary amides is 1. The zero-order valence-electron chi connectivity index (χ0n) is 17.6. The van der Waals surface area contributed by atoms with Crippen LogP contribution in [0.2, 0.25) is 0 Å².